The van der Waals surface area contributed by atoms with Crippen molar-refractivity contribution < 1.29 is 0 Å². The van der Waals surface area contributed by atoms with E-state index < -0.39 is 5.69 Å². The quantitative estimate of drug-likeness (QED) is 0.750. The first-order chi connectivity index (χ1) is 11.6. The minimum Gasteiger partial charge on any atom is -0.347 e. The minimum absolute atomic E-state index is 0.383. The predicted molar refractivity (Wildman–Crippen MR) is 94.0 cm³/mol. The van der Waals surface area contributed by atoms with Gasteiger partial charge in [0.15, 0.2) is 0 Å². The first-order valence-corrected chi connectivity index (χ1v) is 8.26. The minimum atomic E-state index is -0.415. The molecule has 0 radical (unpaired) electrons. The molecule has 0 atom stereocenters. The highest BCUT2D eigenvalue weighted by atomic mass is 16.2. The Balaban J connectivity index is 1.91. The fourth-order valence-corrected chi connectivity index (χ4v) is 3.69. The molecule has 4 rings (SSSR count). The van der Waals surface area contributed by atoms with Crippen molar-refractivity contribution in [3.05, 3.63) is 63.1 Å². The maximum absolute atomic E-state index is 12.2. The Morgan fingerprint density at radius 1 is 1.12 bits per heavy atom. The molecule has 6 heteroatoms. The number of benzene rings is 1. The van der Waals surface area contributed by atoms with Crippen molar-refractivity contribution in [3.63, 3.8) is 0 Å². The van der Waals surface area contributed by atoms with Crippen molar-refractivity contribution in [3.8, 4) is 5.69 Å². The maximum Gasteiger partial charge on any atom is 0.332 e. The van der Waals surface area contributed by atoms with E-state index in [1.54, 1.807) is 0 Å². The third kappa shape index (κ3) is 2.39. The van der Waals surface area contributed by atoms with Crippen LogP contribution in [-0.2, 0) is 7.05 Å². The van der Waals surface area contributed by atoms with E-state index in [1.165, 1.54) is 22.5 Å². The molecule has 0 bridgehead atoms. The molecule has 0 aliphatic carbocycles. The highest BCUT2D eigenvalue weighted by Crippen LogP contribution is 2.32. The molecule has 0 amide bonds. The van der Waals surface area contributed by atoms with E-state index in [9.17, 15) is 9.59 Å². The molecule has 1 saturated heterocycles. The topological polar surface area (TPSA) is 71.8 Å². The van der Waals surface area contributed by atoms with Gasteiger partial charge < -0.3 is 9.88 Å². The van der Waals surface area contributed by atoms with E-state index in [-0.39, 0.29) is 5.56 Å². The fourth-order valence-electron chi connectivity index (χ4n) is 3.69. The first kappa shape index (κ1) is 15.0. The van der Waals surface area contributed by atoms with Crippen LogP contribution in [0.1, 0.15) is 24.5 Å². The van der Waals surface area contributed by atoms with Crippen LogP contribution in [0.4, 0.5) is 0 Å². The van der Waals surface area contributed by atoms with Crippen LogP contribution in [0.2, 0.25) is 0 Å². The number of H-pyrrole nitrogens is 1. The molecule has 24 heavy (non-hydrogen) atoms. The second-order valence-corrected chi connectivity index (χ2v) is 6.34. The molecule has 0 saturated carbocycles. The summed E-state index contributed by atoms with van der Waals surface area (Å²) in [6, 6.07) is 9.49. The van der Waals surface area contributed by atoms with Gasteiger partial charge in [-0.25, -0.2) is 4.79 Å². The van der Waals surface area contributed by atoms with Gasteiger partial charge in [-0.05, 0) is 44.1 Å². The van der Waals surface area contributed by atoms with E-state index in [2.05, 4.69) is 34.0 Å². The van der Waals surface area contributed by atoms with Crippen LogP contribution < -0.4 is 16.6 Å². The second kappa shape index (κ2) is 5.79. The van der Waals surface area contributed by atoms with Gasteiger partial charge in [0.25, 0.3) is 5.56 Å². The van der Waals surface area contributed by atoms with E-state index in [1.807, 2.05) is 12.1 Å². The largest absolute Gasteiger partial charge is 0.347 e. The van der Waals surface area contributed by atoms with Gasteiger partial charge in [0, 0.05) is 36.3 Å². The number of fused-ring (bicyclic) bond motifs is 1. The molecule has 6 nitrogen and oxygen atoms in total. The third-order valence-corrected chi connectivity index (χ3v) is 4.94. The van der Waals surface area contributed by atoms with Gasteiger partial charge in [0.2, 0.25) is 0 Å². The molecule has 1 aliphatic heterocycles. The van der Waals surface area contributed by atoms with Gasteiger partial charge in [-0.3, -0.25) is 14.3 Å². The molecule has 1 fully saturated rings. The summed E-state index contributed by atoms with van der Waals surface area (Å²) in [5, 5.41) is 4.43. The summed E-state index contributed by atoms with van der Waals surface area (Å²) in [6.45, 7) is 2.08. The van der Waals surface area contributed by atoms with Crippen molar-refractivity contribution in [2.75, 3.05) is 13.1 Å². The average molecular weight is 324 g/mol. The van der Waals surface area contributed by atoms with E-state index >= 15 is 0 Å². The lowest BCUT2D eigenvalue weighted by molar-refractivity contribution is 0.447. The normalized spacial score (nSPS) is 15.9. The Hall–Kier alpha value is -2.60. The zero-order chi connectivity index (χ0) is 16.7. The van der Waals surface area contributed by atoms with E-state index in [0.717, 1.165) is 42.5 Å². The third-order valence-electron chi connectivity index (χ3n) is 4.94. The summed E-state index contributed by atoms with van der Waals surface area (Å²) in [4.78, 5) is 25.8. The van der Waals surface area contributed by atoms with Gasteiger partial charge in [0.05, 0.1) is 11.2 Å². The maximum atomic E-state index is 12.2. The monoisotopic (exact) mass is 324 g/mol. The number of hydrogen-bond acceptors (Lipinski definition) is 3. The lowest BCUT2D eigenvalue weighted by Crippen LogP contribution is -2.27. The summed E-state index contributed by atoms with van der Waals surface area (Å²) >= 11 is 0. The fraction of sp³-hybridized carbons (Fsp3) is 0.333. The van der Waals surface area contributed by atoms with Crippen molar-refractivity contribution in [2.24, 2.45) is 7.05 Å². The first-order valence-electron chi connectivity index (χ1n) is 8.26. The number of aryl methyl sites for hydroxylation is 1. The highest BCUT2D eigenvalue weighted by Gasteiger charge is 2.20. The summed E-state index contributed by atoms with van der Waals surface area (Å²) in [7, 11) is 2.08. The van der Waals surface area contributed by atoms with Gasteiger partial charge in [0.1, 0.15) is 0 Å². The van der Waals surface area contributed by atoms with Crippen LogP contribution in [0.5, 0.6) is 0 Å². The van der Waals surface area contributed by atoms with Crippen molar-refractivity contribution in [2.45, 2.75) is 18.8 Å². The van der Waals surface area contributed by atoms with Gasteiger partial charge in [-0.2, -0.15) is 0 Å². The number of piperidine rings is 1. The summed E-state index contributed by atoms with van der Waals surface area (Å²) in [5.41, 5.74) is 2.40. The van der Waals surface area contributed by atoms with Crippen molar-refractivity contribution in [1.29, 1.82) is 0 Å². The number of aromatic nitrogens is 3. The SMILES string of the molecule is Cn1c(C2CCNCC2)cc2c(-n3ccc(=O)[nH]c3=O)cccc21. The van der Waals surface area contributed by atoms with E-state index in [0.29, 0.717) is 5.92 Å². The number of hydrogen-bond donors (Lipinski definition) is 2. The standard InChI is InChI=1S/C18H20N4O2/c1-21-14-3-2-4-15(22-10-7-17(23)20-18(22)24)13(14)11-16(21)12-5-8-19-9-6-12/h2-4,7,10-12,19H,5-6,8-9H2,1H3,(H,20,23,24). The molecule has 0 spiro atoms. The van der Waals surface area contributed by atoms with Crippen LogP contribution in [-0.4, -0.2) is 27.2 Å². The highest BCUT2D eigenvalue weighted by molar-refractivity contribution is 5.89. The molecule has 3 aromatic rings. The van der Waals surface area contributed by atoms with Crippen molar-refractivity contribution >= 4 is 10.9 Å². The van der Waals surface area contributed by atoms with E-state index in [4.69, 9.17) is 0 Å². The summed E-state index contributed by atoms with van der Waals surface area (Å²) < 4.78 is 3.72. The molecule has 0 unspecified atom stereocenters. The van der Waals surface area contributed by atoms with Crippen LogP contribution in [0.25, 0.3) is 16.6 Å². The molecule has 2 aromatic heterocycles. The lowest BCUT2D eigenvalue weighted by atomic mass is 9.94. The molecule has 1 aromatic carbocycles. The van der Waals surface area contributed by atoms with Gasteiger partial charge >= 0.3 is 5.69 Å². The molecular formula is C18H20N4O2. The van der Waals surface area contributed by atoms with Gasteiger partial charge in [-0.15, -0.1) is 0 Å². The Bertz CT molecular complexity index is 1010. The van der Waals surface area contributed by atoms with Crippen LogP contribution >= 0.6 is 0 Å². The smallest absolute Gasteiger partial charge is 0.332 e. The number of nitrogens with one attached hydrogen (secondary N) is 2. The number of rotatable bonds is 2. The van der Waals surface area contributed by atoms with Crippen LogP contribution in [0, 0.1) is 0 Å². The van der Waals surface area contributed by atoms with Crippen LogP contribution in [0.3, 0.4) is 0 Å². The Kier molecular flexibility index (Phi) is 3.61. The predicted octanol–water partition coefficient (Wildman–Crippen LogP) is 1.48. The zero-order valence-corrected chi connectivity index (χ0v) is 13.6. The molecule has 124 valence electrons. The molecule has 3 heterocycles. The molecular weight excluding hydrogens is 304 g/mol. The molecule has 2 N–H and O–H groups in total. The molecule has 1 aliphatic rings. The number of aromatic amines is 1. The van der Waals surface area contributed by atoms with Crippen LogP contribution in [0.15, 0.2) is 46.1 Å². The second-order valence-electron chi connectivity index (χ2n) is 6.34. The number of nitrogens with zero attached hydrogens (tertiary/aromatic N) is 2. The Labute approximate surface area is 138 Å². The van der Waals surface area contributed by atoms with Crippen molar-refractivity contribution in [1.82, 2.24) is 19.4 Å². The average Bonchev–Trinajstić information content (AvgIpc) is 2.93. The Morgan fingerprint density at radius 2 is 1.92 bits per heavy atom. The lowest BCUT2D eigenvalue weighted by Gasteiger charge is -2.23. The summed E-state index contributed by atoms with van der Waals surface area (Å²) in [6.07, 6.45) is 3.78. The Morgan fingerprint density at radius 3 is 2.67 bits per heavy atom. The summed E-state index contributed by atoms with van der Waals surface area (Å²) in [5.74, 6) is 0.531. The van der Waals surface area contributed by atoms with Gasteiger partial charge in [-0.1, -0.05) is 6.07 Å². The zero-order valence-electron chi connectivity index (χ0n) is 13.6.